The van der Waals surface area contributed by atoms with E-state index in [0.29, 0.717) is 27.9 Å². The summed E-state index contributed by atoms with van der Waals surface area (Å²) >= 11 is 12.3. The van der Waals surface area contributed by atoms with Crippen LogP contribution in [0.3, 0.4) is 0 Å². The van der Waals surface area contributed by atoms with Gasteiger partial charge in [-0.1, -0.05) is 40.9 Å². The third kappa shape index (κ3) is 6.25. The van der Waals surface area contributed by atoms with Crippen LogP contribution in [0, 0.1) is 6.92 Å². The lowest BCUT2D eigenvalue weighted by atomic mass is 10.2. The van der Waals surface area contributed by atoms with Crippen molar-refractivity contribution in [3.05, 3.63) is 70.2 Å². The van der Waals surface area contributed by atoms with Gasteiger partial charge in [0.1, 0.15) is 17.2 Å². The predicted octanol–water partition coefficient (Wildman–Crippen LogP) is 5.14. The number of halogens is 2. The molecule has 1 amide bonds. The fourth-order valence-electron chi connectivity index (χ4n) is 2.89. The van der Waals surface area contributed by atoms with Gasteiger partial charge in [-0.2, -0.15) is 0 Å². The summed E-state index contributed by atoms with van der Waals surface area (Å²) in [7, 11) is -0.974. The highest BCUT2D eigenvalue weighted by molar-refractivity contribution is 7.92. The van der Waals surface area contributed by atoms with Crippen LogP contribution in [-0.4, -0.2) is 35.2 Å². The maximum Gasteiger partial charge on any atom is 0.262 e. The zero-order chi connectivity index (χ0) is 24.9. The van der Waals surface area contributed by atoms with Crippen molar-refractivity contribution < 1.29 is 27.4 Å². The Bertz CT molecular complexity index is 1300. The molecule has 0 saturated carbocycles. The van der Waals surface area contributed by atoms with Crippen LogP contribution in [0.15, 0.2) is 59.5 Å². The SMILES string of the molecule is COc1cc(NC(=O)COc2ccc(S(=O)(=O)Nc3ccc(C)cc3)cc2Cl)c(OC)cc1Cl. The lowest BCUT2D eigenvalue weighted by Gasteiger charge is -2.14. The van der Waals surface area contributed by atoms with Crippen LogP contribution in [0.1, 0.15) is 5.56 Å². The fourth-order valence-corrected chi connectivity index (χ4v) is 4.50. The topological polar surface area (TPSA) is 103 Å². The summed E-state index contributed by atoms with van der Waals surface area (Å²) in [6, 6.07) is 13.9. The molecule has 0 aliphatic rings. The van der Waals surface area contributed by atoms with Gasteiger partial charge in [-0.15, -0.1) is 0 Å². The third-order valence-electron chi connectivity index (χ3n) is 4.62. The first kappa shape index (κ1) is 25.5. The van der Waals surface area contributed by atoms with Crippen LogP contribution in [0.4, 0.5) is 11.4 Å². The van der Waals surface area contributed by atoms with E-state index in [4.69, 9.17) is 37.4 Å². The van der Waals surface area contributed by atoms with E-state index in [-0.39, 0.29) is 22.3 Å². The van der Waals surface area contributed by atoms with Gasteiger partial charge in [0.25, 0.3) is 15.9 Å². The van der Waals surface area contributed by atoms with Gasteiger partial charge < -0.3 is 19.5 Å². The molecule has 0 heterocycles. The summed E-state index contributed by atoms with van der Waals surface area (Å²) in [6.45, 7) is 1.52. The second-order valence-corrected chi connectivity index (χ2v) is 9.58. The molecular formula is C23H22Cl2N2O6S. The summed E-state index contributed by atoms with van der Waals surface area (Å²) < 4.78 is 43.6. The first-order valence-corrected chi connectivity index (χ1v) is 12.1. The zero-order valence-corrected chi connectivity index (χ0v) is 20.8. The molecule has 0 saturated heterocycles. The maximum absolute atomic E-state index is 12.6. The number of rotatable bonds is 9. The predicted molar refractivity (Wildman–Crippen MR) is 132 cm³/mol. The molecular weight excluding hydrogens is 503 g/mol. The minimum atomic E-state index is -3.86. The minimum Gasteiger partial charge on any atom is -0.495 e. The van der Waals surface area contributed by atoms with Crippen molar-refractivity contribution in [1.29, 1.82) is 0 Å². The Morgan fingerprint density at radius 2 is 1.53 bits per heavy atom. The van der Waals surface area contributed by atoms with E-state index < -0.39 is 15.9 Å². The molecule has 0 spiro atoms. The average molecular weight is 525 g/mol. The van der Waals surface area contributed by atoms with Gasteiger partial charge in [-0.25, -0.2) is 8.42 Å². The number of hydrogen-bond donors (Lipinski definition) is 2. The van der Waals surface area contributed by atoms with E-state index in [1.165, 1.54) is 44.6 Å². The Hall–Kier alpha value is -3.14. The maximum atomic E-state index is 12.6. The second-order valence-electron chi connectivity index (χ2n) is 7.09. The lowest BCUT2D eigenvalue weighted by Crippen LogP contribution is -2.20. The second kappa shape index (κ2) is 10.9. The zero-order valence-electron chi connectivity index (χ0n) is 18.5. The molecule has 3 aromatic rings. The first-order valence-electron chi connectivity index (χ1n) is 9.86. The molecule has 180 valence electrons. The summed E-state index contributed by atoms with van der Waals surface area (Å²) in [5.74, 6) is 0.342. The molecule has 3 rings (SSSR count). The lowest BCUT2D eigenvalue weighted by molar-refractivity contribution is -0.118. The number of carbonyl (C=O) groups excluding carboxylic acids is 1. The van der Waals surface area contributed by atoms with E-state index in [1.54, 1.807) is 24.3 Å². The Balaban J connectivity index is 1.67. The largest absolute Gasteiger partial charge is 0.495 e. The number of amides is 1. The molecule has 0 bridgehead atoms. The number of benzene rings is 3. The molecule has 0 fully saturated rings. The molecule has 3 aromatic carbocycles. The summed E-state index contributed by atoms with van der Waals surface area (Å²) in [6.07, 6.45) is 0. The quantitative estimate of drug-likeness (QED) is 0.401. The Morgan fingerprint density at radius 1 is 0.882 bits per heavy atom. The van der Waals surface area contributed by atoms with Gasteiger partial charge in [-0.05, 0) is 37.3 Å². The molecule has 0 unspecified atom stereocenters. The van der Waals surface area contributed by atoms with Crippen LogP contribution in [0.25, 0.3) is 0 Å². The van der Waals surface area contributed by atoms with Crippen molar-refractivity contribution in [2.75, 3.05) is 30.9 Å². The van der Waals surface area contributed by atoms with Gasteiger partial charge >= 0.3 is 0 Å². The highest BCUT2D eigenvalue weighted by atomic mass is 35.5. The standard InChI is InChI=1S/C23H22Cl2N2O6S/c1-14-4-6-15(7-5-14)27-34(29,30)16-8-9-20(17(24)10-16)33-13-23(28)26-19-12-21(31-2)18(25)11-22(19)32-3/h4-12,27H,13H2,1-3H3,(H,26,28). The smallest absolute Gasteiger partial charge is 0.262 e. The molecule has 11 heteroatoms. The molecule has 8 nitrogen and oxygen atoms in total. The van der Waals surface area contributed by atoms with Gasteiger partial charge in [0.15, 0.2) is 6.61 Å². The van der Waals surface area contributed by atoms with Crippen molar-refractivity contribution in [1.82, 2.24) is 0 Å². The summed E-state index contributed by atoms with van der Waals surface area (Å²) in [5.41, 5.74) is 1.77. The van der Waals surface area contributed by atoms with Crippen molar-refractivity contribution in [3.8, 4) is 17.2 Å². The van der Waals surface area contributed by atoms with Crippen molar-refractivity contribution in [2.45, 2.75) is 11.8 Å². The Labute approximate surface area is 207 Å². The number of carbonyl (C=O) groups is 1. The van der Waals surface area contributed by atoms with Crippen molar-refractivity contribution in [2.24, 2.45) is 0 Å². The number of hydrogen-bond acceptors (Lipinski definition) is 6. The van der Waals surface area contributed by atoms with Gasteiger partial charge in [-0.3, -0.25) is 9.52 Å². The number of aryl methyl sites for hydroxylation is 1. The average Bonchev–Trinajstić information content (AvgIpc) is 2.80. The fraction of sp³-hybridized carbons (Fsp3) is 0.174. The molecule has 0 atom stereocenters. The normalized spacial score (nSPS) is 11.0. The van der Waals surface area contributed by atoms with E-state index >= 15 is 0 Å². The van der Waals surface area contributed by atoms with Crippen LogP contribution < -0.4 is 24.2 Å². The van der Waals surface area contributed by atoms with Crippen molar-refractivity contribution >= 4 is 50.5 Å². The number of nitrogens with one attached hydrogen (secondary N) is 2. The molecule has 0 aliphatic carbocycles. The molecule has 0 aliphatic heterocycles. The van der Waals surface area contributed by atoms with Crippen LogP contribution in [0.2, 0.25) is 10.0 Å². The number of ether oxygens (including phenoxy) is 3. The minimum absolute atomic E-state index is 0.0327. The van der Waals surface area contributed by atoms with Crippen LogP contribution in [0.5, 0.6) is 17.2 Å². The van der Waals surface area contributed by atoms with Crippen LogP contribution in [-0.2, 0) is 14.8 Å². The summed E-state index contributed by atoms with van der Waals surface area (Å²) in [5, 5.41) is 3.00. The van der Waals surface area contributed by atoms with E-state index in [2.05, 4.69) is 10.0 Å². The number of anilines is 2. The van der Waals surface area contributed by atoms with E-state index in [0.717, 1.165) is 5.56 Å². The van der Waals surface area contributed by atoms with E-state index in [1.807, 2.05) is 6.92 Å². The molecule has 0 aromatic heterocycles. The summed E-state index contributed by atoms with van der Waals surface area (Å²) in [4.78, 5) is 12.3. The molecule has 2 N–H and O–H groups in total. The van der Waals surface area contributed by atoms with Gasteiger partial charge in [0.05, 0.1) is 34.8 Å². The monoisotopic (exact) mass is 524 g/mol. The third-order valence-corrected chi connectivity index (χ3v) is 6.59. The van der Waals surface area contributed by atoms with E-state index in [9.17, 15) is 13.2 Å². The van der Waals surface area contributed by atoms with Gasteiger partial charge in [0.2, 0.25) is 0 Å². The van der Waals surface area contributed by atoms with Crippen LogP contribution >= 0.6 is 23.2 Å². The first-order chi connectivity index (χ1) is 16.1. The highest BCUT2D eigenvalue weighted by Crippen LogP contribution is 2.36. The van der Waals surface area contributed by atoms with Crippen molar-refractivity contribution in [3.63, 3.8) is 0 Å². The molecule has 0 radical (unpaired) electrons. The molecule has 34 heavy (non-hydrogen) atoms. The number of methoxy groups -OCH3 is 2. The van der Waals surface area contributed by atoms with Gasteiger partial charge in [0, 0.05) is 17.8 Å². The number of sulfonamides is 1. The highest BCUT2D eigenvalue weighted by Gasteiger charge is 2.18. The Morgan fingerprint density at radius 3 is 2.15 bits per heavy atom. The Kier molecular flexibility index (Phi) is 8.14.